The van der Waals surface area contributed by atoms with Gasteiger partial charge in [-0.3, -0.25) is 25.5 Å². The van der Waals surface area contributed by atoms with E-state index in [0.717, 1.165) is 61.0 Å². The number of halogens is 1. The zero-order valence-corrected chi connectivity index (χ0v) is 43.4. The SMILES string of the molecule is C#CCN(C)C.CN(C)CC#Cc1ccc2cnc(N)c(N=Nc3ccc(C(=N)N)cc3)c2c1.CN(C)CC#Cc1ccc2cnc(N)cc2c1.N=C(N)c1ccc(N)cc1.Nc1cc2cc(Br)ccc2cn1. The Hall–Kier alpha value is -8.89. The number of benzene rings is 5. The van der Waals surface area contributed by atoms with Crippen LogP contribution in [0.2, 0.25) is 0 Å². The van der Waals surface area contributed by atoms with E-state index in [1.54, 1.807) is 67.1 Å². The predicted octanol–water partition coefficient (Wildman–Crippen LogP) is 8.47. The van der Waals surface area contributed by atoms with Crippen molar-refractivity contribution in [2.45, 2.75) is 0 Å². The summed E-state index contributed by atoms with van der Waals surface area (Å²) in [6.07, 6.45) is 10.2. The summed E-state index contributed by atoms with van der Waals surface area (Å²) in [5.41, 5.74) is 38.4. The molecular weight excluding hydrogens is 977 g/mol. The number of fused-ring (bicyclic) bond motifs is 3. The van der Waals surface area contributed by atoms with Gasteiger partial charge in [0.1, 0.15) is 29.0 Å². The fraction of sp³-hybridized carbons (Fsp3) is 0.161. The van der Waals surface area contributed by atoms with Crippen LogP contribution in [-0.4, -0.2) is 103 Å². The molecule has 16 nitrogen and oxygen atoms in total. The first-order valence-corrected chi connectivity index (χ1v) is 23.2. The van der Waals surface area contributed by atoms with Gasteiger partial charge in [0.05, 0.1) is 25.3 Å². The molecule has 0 aliphatic heterocycles. The number of anilines is 4. The molecule has 14 N–H and O–H groups in total. The number of nitrogens with zero attached hydrogens (tertiary/aromatic N) is 8. The number of amidine groups is 2. The summed E-state index contributed by atoms with van der Waals surface area (Å²) >= 11 is 3.40. The monoisotopic (exact) mass is 1040 g/mol. The zero-order valence-electron chi connectivity index (χ0n) is 41.8. The van der Waals surface area contributed by atoms with E-state index in [1.165, 1.54) is 0 Å². The Kier molecular flexibility index (Phi) is 22.3. The maximum absolute atomic E-state index is 7.44. The van der Waals surface area contributed by atoms with Gasteiger partial charge in [0, 0.05) is 72.5 Å². The first-order valence-electron chi connectivity index (χ1n) is 22.4. The number of nitrogens with two attached hydrogens (primary N) is 6. The van der Waals surface area contributed by atoms with E-state index in [0.29, 0.717) is 52.2 Å². The van der Waals surface area contributed by atoms with E-state index in [-0.39, 0.29) is 11.7 Å². The van der Waals surface area contributed by atoms with Crippen LogP contribution < -0.4 is 34.4 Å². The smallest absolute Gasteiger partial charge is 0.151 e. The number of terminal acetylenes is 1. The highest BCUT2D eigenvalue weighted by molar-refractivity contribution is 9.10. The zero-order chi connectivity index (χ0) is 53.5. The molecule has 17 heteroatoms. The molecule has 0 unspecified atom stereocenters. The van der Waals surface area contributed by atoms with Gasteiger partial charge in [-0.15, -0.1) is 11.5 Å². The van der Waals surface area contributed by atoms with Crippen molar-refractivity contribution in [2.24, 2.45) is 21.7 Å². The van der Waals surface area contributed by atoms with Crippen molar-refractivity contribution in [3.8, 4) is 36.0 Å². The number of azo groups is 1. The van der Waals surface area contributed by atoms with Gasteiger partial charge in [0.25, 0.3) is 0 Å². The third-order valence-electron chi connectivity index (χ3n) is 9.67. The Morgan fingerprint density at radius 1 is 0.548 bits per heavy atom. The van der Waals surface area contributed by atoms with Crippen molar-refractivity contribution >= 4 is 94.4 Å². The number of pyridine rings is 3. The van der Waals surface area contributed by atoms with Crippen molar-refractivity contribution in [1.82, 2.24) is 29.7 Å². The van der Waals surface area contributed by atoms with Gasteiger partial charge in [-0.2, -0.15) is 5.11 Å². The van der Waals surface area contributed by atoms with E-state index in [2.05, 4.69) is 70.7 Å². The van der Waals surface area contributed by atoms with Gasteiger partial charge in [-0.25, -0.2) is 15.0 Å². The molecule has 372 valence electrons. The van der Waals surface area contributed by atoms with E-state index < -0.39 is 0 Å². The van der Waals surface area contributed by atoms with Crippen molar-refractivity contribution in [2.75, 3.05) is 84.9 Å². The highest BCUT2D eigenvalue weighted by Crippen LogP contribution is 2.32. The fourth-order valence-electron chi connectivity index (χ4n) is 6.02. The number of hydrogen-bond donors (Lipinski definition) is 8. The molecule has 0 spiro atoms. The third-order valence-corrected chi connectivity index (χ3v) is 10.2. The van der Waals surface area contributed by atoms with Gasteiger partial charge >= 0.3 is 0 Å². The minimum absolute atomic E-state index is 0.00823. The first-order chi connectivity index (χ1) is 34.8. The van der Waals surface area contributed by atoms with Gasteiger partial charge in [-0.05, 0) is 150 Å². The summed E-state index contributed by atoms with van der Waals surface area (Å²) < 4.78 is 1.06. The van der Waals surface area contributed by atoms with Crippen LogP contribution in [-0.2, 0) is 0 Å². The van der Waals surface area contributed by atoms with Crippen LogP contribution in [0.5, 0.6) is 0 Å². The lowest BCUT2D eigenvalue weighted by molar-refractivity contribution is 0.464. The Balaban J connectivity index is 0.000000218. The molecule has 3 aromatic heterocycles. The van der Waals surface area contributed by atoms with Gasteiger partial charge in [0.2, 0.25) is 0 Å². The molecule has 3 heterocycles. The second-order valence-corrected chi connectivity index (χ2v) is 17.7. The quantitative estimate of drug-likeness (QED) is 0.0245. The Labute approximate surface area is 436 Å². The second-order valence-electron chi connectivity index (χ2n) is 16.8. The summed E-state index contributed by atoms with van der Waals surface area (Å²) in [6.45, 7) is 2.18. The molecular formula is C56H61BrN16. The lowest BCUT2D eigenvalue weighted by Gasteiger charge is -2.05. The van der Waals surface area contributed by atoms with E-state index in [4.69, 9.17) is 51.6 Å². The van der Waals surface area contributed by atoms with E-state index >= 15 is 0 Å². The highest BCUT2D eigenvalue weighted by atomic mass is 79.9. The molecule has 0 saturated heterocycles. The molecule has 0 amide bonds. The Morgan fingerprint density at radius 3 is 1.51 bits per heavy atom. The average Bonchev–Trinajstić information content (AvgIpc) is 3.34. The lowest BCUT2D eigenvalue weighted by Crippen LogP contribution is -2.10. The second kappa shape index (κ2) is 28.7. The summed E-state index contributed by atoms with van der Waals surface area (Å²) in [5, 5.41) is 29.2. The number of hydrogen-bond acceptors (Lipinski definition) is 14. The minimum atomic E-state index is 0.00823. The summed E-state index contributed by atoms with van der Waals surface area (Å²) in [5.74, 6) is 16.5. The Bertz CT molecular complexity index is 3300. The van der Waals surface area contributed by atoms with Crippen LogP contribution in [0.25, 0.3) is 32.3 Å². The summed E-state index contributed by atoms with van der Waals surface area (Å²) in [7, 11) is 11.8. The molecule has 0 fully saturated rings. The van der Waals surface area contributed by atoms with Gasteiger partial charge in [-0.1, -0.05) is 63.7 Å². The van der Waals surface area contributed by atoms with Crippen LogP contribution in [0.3, 0.4) is 0 Å². The first kappa shape index (κ1) is 56.7. The van der Waals surface area contributed by atoms with Gasteiger partial charge in [0.15, 0.2) is 5.82 Å². The molecule has 0 atom stereocenters. The van der Waals surface area contributed by atoms with Crippen LogP contribution in [0.4, 0.5) is 34.5 Å². The number of nitrogen functional groups attached to an aromatic ring is 6. The number of nitrogens with one attached hydrogen (secondary N) is 2. The molecule has 8 rings (SSSR count). The average molecular weight is 1040 g/mol. The van der Waals surface area contributed by atoms with E-state index in [9.17, 15) is 0 Å². The molecule has 8 aromatic rings. The molecule has 0 bridgehead atoms. The van der Waals surface area contributed by atoms with Crippen LogP contribution in [0, 0.1) is 46.8 Å². The fourth-order valence-corrected chi connectivity index (χ4v) is 6.40. The van der Waals surface area contributed by atoms with Crippen molar-refractivity contribution in [3.05, 3.63) is 161 Å². The number of aromatic nitrogens is 3. The van der Waals surface area contributed by atoms with Crippen molar-refractivity contribution < 1.29 is 0 Å². The third kappa shape index (κ3) is 19.8. The molecule has 0 aliphatic rings. The van der Waals surface area contributed by atoms with E-state index in [1.807, 2.05) is 124 Å². The lowest BCUT2D eigenvalue weighted by atomic mass is 10.1. The van der Waals surface area contributed by atoms with Gasteiger partial charge < -0.3 is 34.4 Å². The maximum atomic E-state index is 7.44. The largest absolute Gasteiger partial charge is 0.399 e. The topological polar surface area (TPSA) is 277 Å². The standard InChI is InChI=1S/C21H21N7.C14H15N3.C9H7BrN2.C7H9N3.C5H9N/c1-28(2)11-3-4-14-5-6-16-13-25-21(24)19(18(16)12-14)27-26-17-9-7-15(8-10-17)20(22)23;1-17(2)7-3-4-11-5-6-12-10-16-14(15)9-13(12)8-11;10-8-2-1-6-5-12-9(11)4-7(6)3-8;8-6-3-1-5(2-4-6)7(9)10;1-4-5-6(2)3/h5-10,12-13H,11H2,1-2H3,(H3,22,23)(H2,24,25);5-6,8-10H,7H2,1-2H3,(H2,15,16);1-5H,(H2,11,12);1-4H,8H2,(H3,9,10);1H,5H2,2-3H3. The minimum Gasteiger partial charge on any atom is -0.399 e. The summed E-state index contributed by atoms with van der Waals surface area (Å²) in [4.78, 5) is 18.3. The van der Waals surface area contributed by atoms with Crippen molar-refractivity contribution in [1.29, 1.82) is 10.8 Å². The molecule has 0 saturated carbocycles. The number of rotatable bonds is 7. The normalized spacial score (nSPS) is 10.3. The molecule has 0 aliphatic carbocycles. The molecule has 73 heavy (non-hydrogen) atoms. The molecule has 0 radical (unpaired) electrons. The van der Waals surface area contributed by atoms with Crippen LogP contribution >= 0.6 is 15.9 Å². The van der Waals surface area contributed by atoms with Crippen molar-refractivity contribution in [3.63, 3.8) is 0 Å². The van der Waals surface area contributed by atoms with Crippen LogP contribution in [0.15, 0.2) is 149 Å². The maximum Gasteiger partial charge on any atom is 0.151 e. The predicted molar refractivity (Wildman–Crippen MR) is 308 cm³/mol. The molecule has 5 aromatic carbocycles. The Morgan fingerprint density at radius 2 is 1.01 bits per heavy atom. The highest BCUT2D eigenvalue weighted by Gasteiger charge is 2.08. The van der Waals surface area contributed by atoms with Crippen LogP contribution in [0.1, 0.15) is 22.3 Å². The summed E-state index contributed by atoms with van der Waals surface area (Å²) in [6, 6.07) is 35.4.